The van der Waals surface area contributed by atoms with Crippen LogP contribution in [0.15, 0.2) is 41.5 Å². The van der Waals surface area contributed by atoms with Crippen LogP contribution in [0.5, 0.6) is 5.75 Å². The first-order valence-corrected chi connectivity index (χ1v) is 14.6. The number of benzene rings is 1. The van der Waals surface area contributed by atoms with Crippen molar-refractivity contribution in [2.24, 2.45) is 0 Å². The van der Waals surface area contributed by atoms with Crippen molar-refractivity contribution in [3.63, 3.8) is 0 Å². The van der Waals surface area contributed by atoms with Crippen molar-refractivity contribution in [2.75, 3.05) is 44.7 Å². The molecular weight excluding hydrogens is 620 g/mol. The first-order valence-electron chi connectivity index (χ1n) is 14.6. The fourth-order valence-corrected chi connectivity index (χ4v) is 5.82. The molecule has 1 aliphatic carbocycles. The lowest BCUT2D eigenvalue weighted by Crippen LogP contribution is -2.54. The number of alkyl halides is 6. The number of carbonyl (C=O) groups is 1. The zero-order valence-corrected chi connectivity index (χ0v) is 25.4. The van der Waals surface area contributed by atoms with E-state index in [-0.39, 0.29) is 55.7 Å². The van der Waals surface area contributed by atoms with Crippen LogP contribution in [0.1, 0.15) is 48.2 Å². The van der Waals surface area contributed by atoms with Crippen LogP contribution in [0, 0.1) is 0 Å². The van der Waals surface area contributed by atoms with Crippen molar-refractivity contribution in [3.8, 4) is 5.75 Å². The van der Waals surface area contributed by atoms with Crippen molar-refractivity contribution in [1.29, 1.82) is 0 Å². The summed E-state index contributed by atoms with van der Waals surface area (Å²) in [6.07, 6.45) is -7.66. The normalized spacial score (nSPS) is 19.2. The van der Waals surface area contributed by atoms with Gasteiger partial charge in [-0.2, -0.15) is 31.4 Å². The average Bonchev–Trinajstić information content (AvgIpc) is 3.34. The van der Waals surface area contributed by atoms with Crippen LogP contribution in [0.4, 0.5) is 32.3 Å². The third kappa shape index (κ3) is 6.81. The van der Waals surface area contributed by atoms with Crippen molar-refractivity contribution in [3.05, 3.63) is 75.0 Å². The van der Waals surface area contributed by atoms with E-state index in [1.807, 2.05) is 0 Å². The van der Waals surface area contributed by atoms with Gasteiger partial charge in [0, 0.05) is 50.5 Å². The molecule has 1 N–H and O–H groups in total. The molecule has 248 valence electrons. The summed E-state index contributed by atoms with van der Waals surface area (Å²) in [5, 5.41) is 7.61. The second kappa shape index (κ2) is 12.5. The standard InChI is InChI=1S/C30H33F6N7O3/c1-18(25(44)41-10-12-42(13-11-41)27-37-14-20(15-38-27)29(31,32)33)39-17-28(2)9-8-22-23(30(34,35)36)26(45)43(40-24(22)28)16-19-4-6-21(46-3)7-5-19/h4-7,14-15,18,39H,8-13,16-17H2,1-3H3/t18-,28?/m1/s1. The quantitative estimate of drug-likeness (QED) is 0.368. The van der Waals surface area contributed by atoms with Gasteiger partial charge in [0.25, 0.3) is 5.56 Å². The van der Waals surface area contributed by atoms with Crippen LogP contribution >= 0.6 is 0 Å². The summed E-state index contributed by atoms with van der Waals surface area (Å²) >= 11 is 0. The molecule has 1 amide bonds. The topological polar surface area (TPSA) is 105 Å². The molecule has 1 fully saturated rings. The maximum absolute atomic E-state index is 14.2. The van der Waals surface area contributed by atoms with E-state index in [1.54, 1.807) is 47.9 Å². The van der Waals surface area contributed by atoms with Gasteiger partial charge in [0.1, 0.15) is 11.3 Å². The van der Waals surface area contributed by atoms with Gasteiger partial charge in [-0.25, -0.2) is 14.6 Å². The Morgan fingerprint density at radius 2 is 1.65 bits per heavy atom. The molecular formula is C30H33F6N7O3. The van der Waals surface area contributed by atoms with Gasteiger partial charge in [-0.1, -0.05) is 19.1 Å². The van der Waals surface area contributed by atoms with Crippen LogP contribution in [0.3, 0.4) is 0 Å². The molecule has 2 atom stereocenters. The van der Waals surface area contributed by atoms with Gasteiger partial charge in [-0.15, -0.1) is 0 Å². The molecule has 1 unspecified atom stereocenters. The summed E-state index contributed by atoms with van der Waals surface area (Å²) in [5.41, 5.74) is -3.63. The first-order chi connectivity index (χ1) is 21.6. The number of aromatic nitrogens is 4. The second-order valence-electron chi connectivity index (χ2n) is 11.8. The number of nitrogens with one attached hydrogen (secondary N) is 1. The zero-order chi connectivity index (χ0) is 33.4. The molecule has 0 saturated carbocycles. The number of nitrogens with zero attached hydrogens (tertiary/aromatic N) is 6. The van der Waals surface area contributed by atoms with E-state index in [0.717, 1.165) is 17.1 Å². The summed E-state index contributed by atoms with van der Waals surface area (Å²) in [4.78, 5) is 37.2. The number of piperazine rings is 1. The molecule has 5 rings (SSSR count). The molecule has 0 bridgehead atoms. The van der Waals surface area contributed by atoms with E-state index in [1.165, 1.54) is 7.11 Å². The van der Waals surface area contributed by atoms with E-state index in [4.69, 9.17) is 4.74 Å². The number of methoxy groups -OCH3 is 1. The molecule has 0 radical (unpaired) electrons. The van der Waals surface area contributed by atoms with Crippen LogP contribution in [-0.2, 0) is 35.5 Å². The molecule has 1 saturated heterocycles. The van der Waals surface area contributed by atoms with E-state index >= 15 is 0 Å². The molecule has 0 spiro atoms. The van der Waals surface area contributed by atoms with Crippen LogP contribution in [0.25, 0.3) is 0 Å². The smallest absolute Gasteiger partial charge is 0.422 e. The highest BCUT2D eigenvalue weighted by atomic mass is 19.4. The Morgan fingerprint density at radius 1 is 1.02 bits per heavy atom. The maximum atomic E-state index is 14.2. The highest BCUT2D eigenvalue weighted by Gasteiger charge is 2.46. The maximum Gasteiger partial charge on any atom is 0.422 e. The van der Waals surface area contributed by atoms with Crippen LogP contribution < -0.4 is 20.5 Å². The van der Waals surface area contributed by atoms with Crippen molar-refractivity contribution < 1.29 is 35.9 Å². The number of fused-ring (bicyclic) bond motifs is 1. The fraction of sp³-hybridized carbons (Fsp3) is 0.500. The van der Waals surface area contributed by atoms with Crippen molar-refractivity contribution >= 4 is 11.9 Å². The van der Waals surface area contributed by atoms with Crippen molar-refractivity contribution in [2.45, 2.75) is 57.0 Å². The van der Waals surface area contributed by atoms with Gasteiger partial charge in [-0.05, 0) is 43.0 Å². The van der Waals surface area contributed by atoms with Crippen LogP contribution in [-0.4, -0.2) is 76.4 Å². The molecule has 10 nitrogen and oxygen atoms in total. The van der Waals surface area contributed by atoms with Gasteiger partial charge in [0.15, 0.2) is 0 Å². The lowest BCUT2D eigenvalue weighted by molar-refractivity contribution is -0.140. The lowest BCUT2D eigenvalue weighted by Gasteiger charge is -2.36. The number of carbonyl (C=O) groups excluding carboxylic acids is 1. The Balaban J connectivity index is 1.26. The Morgan fingerprint density at radius 3 is 2.22 bits per heavy atom. The summed E-state index contributed by atoms with van der Waals surface area (Å²) in [6.45, 7) is 4.58. The van der Waals surface area contributed by atoms with E-state index in [2.05, 4.69) is 20.4 Å². The third-order valence-electron chi connectivity index (χ3n) is 8.54. The van der Waals surface area contributed by atoms with Gasteiger partial charge in [0.2, 0.25) is 11.9 Å². The molecule has 1 aliphatic heterocycles. The molecule has 1 aromatic carbocycles. The van der Waals surface area contributed by atoms with E-state index < -0.39 is 40.5 Å². The average molecular weight is 654 g/mol. The minimum absolute atomic E-state index is 0.0181. The number of ether oxygens (including phenoxy) is 1. The molecule has 16 heteroatoms. The number of rotatable bonds is 8. The second-order valence-corrected chi connectivity index (χ2v) is 11.8. The SMILES string of the molecule is COc1ccc(Cn2nc3c(c(C(F)(F)F)c2=O)CCC3(C)CN[C@H](C)C(=O)N2CCN(c3ncc(C(F)(F)F)cn3)CC2)cc1. The number of anilines is 1. The fourth-order valence-electron chi connectivity index (χ4n) is 5.82. The van der Waals surface area contributed by atoms with Crippen molar-refractivity contribution in [1.82, 2.24) is 30.0 Å². The highest BCUT2D eigenvalue weighted by molar-refractivity contribution is 5.81. The lowest BCUT2D eigenvalue weighted by atomic mass is 9.87. The van der Waals surface area contributed by atoms with Crippen LogP contribution in [0.2, 0.25) is 0 Å². The minimum Gasteiger partial charge on any atom is -0.497 e. The van der Waals surface area contributed by atoms with Gasteiger partial charge in [-0.3, -0.25) is 9.59 Å². The first kappa shape index (κ1) is 33.2. The Bertz CT molecular complexity index is 1620. The summed E-state index contributed by atoms with van der Waals surface area (Å²) in [6, 6.07) is 5.90. The number of hydrogen-bond donors (Lipinski definition) is 1. The number of amides is 1. The number of halogens is 6. The molecule has 2 aliphatic rings. The summed E-state index contributed by atoms with van der Waals surface area (Å²) in [7, 11) is 1.49. The molecule has 46 heavy (non-hydrogen) atoms. The monoisotopic (exact) mass is 653 g/mol. The third-order valence-corrected chi connectivity index (χ3v) is 8.54. The molecule has 3 aromatic rings. The summed E-state index contributed by atoms with van der Waals surface area (Å²) in [5.74, 6) is 0.463. The Kier molecular flexibility index (Phi) is 9.03. The highest BCUT2D eigenvalue weighted by Crippen LogP contribution is 2.42. The predicted molar refractivity (Wildman–Crippen MR) is 155 cm³/mol. The van der Waals surface area contributed by atoms with E-state index in [9.17, 15) is 35.9 Å². The van der Waals surface area contributed by atoms with Gasteiger partial charge in [0.05, 0.1) is 31.0 Å². The summed E-state index contributed by atoms with van der Waals surface area (Å²) < 4.78 is 87.1. The number of hydrogen-bond acceptors (Lipinski definition) is 8. The zero-order valence-electron chi connectivity index (χ0n) is 25.4. The Hall–Kier alpha value is -4.21. The predicted octanol–water partition coefficient (Wildman–Crippen LogP) is 3.66. The largest absolute Gasteiger partial charge is 0.497 e. The van der Waals surface area contributed by atoms with E-state index in [0.29, 0.717) is 30.8 Å². The molecule has 2 aromatic heterocycles. The van der Waals surface area contributed by atoms with Gasteiger partial charge >= 0.3 is 12.4 Å². The Labute approximate surface area is 260 Å². The molecule has 3 heterocycles. The minimum atomic E-state index is -4.87. The van der Waals surface area contributed by atoms with Gasteiger partial charge < -0.3 is 19.9 Å².